The van der Waals surface area contributed by atoms with Crippen LogP contribution in [0.15, 0.2) is 46.9 Å². The van der Waals surface area contributed by atoms with Crippen molar-refractivity contribution in [3.63, 3.8) is 0 Å². The first-order chi connectivity index (χ1) is 13.2. The molecular weight excluding hydrogens is 404 g/mol. The molecule has 27 heavy (non-hydrogen) atoms. The van der Waals surface area contributed by atoms with Crippen molar-refractivity contribution < 1.29 is 9.47 Å². The number of aryl methyl sites for hydroxylation is 1. The van der Waals surface area contributed by atoms with Crippen LogP contribution >= 0.6 is 15.9 Å². The summed E-state index contributed by atoms with van der Waals surface area (Å²) in [6, 6.07) is 14.4. The number of nitrogens with zero attached hydrogens (tertiary/aromatic N) is 2. The molecule has 0 unspecified atom stereocenters. The zero-order chi connectivity index (χ0) is 19.1. The minimum absolute atomic E-state index is 0.498. The Morgan fingerprint density at radius 2 is 1.78 bits per heavy atom. The van der Waals surface area contributed by atoms with Gasteiger partial charge in [0.05, 0.1) is 11.6 Å². The molecule has 5 heteroatoms. The molecule has 2 aromatic carbocycles. The normalized spacial score (nSPS) is 15.7. The molecule has 1 aliphatic rings. The van der Waals surface area contributed by atoms with Gasteiger partial charge in [-0.2, -0.15) is 0 Å². The fourth-order valence-electron chi connectivity index (χ4n) is 3.40. The van der Waals surface area contributed by atoms with Crippen LogP contribution in [0.25, 0.3) is 0 Å². The number of hydrogen-bond donors (Lipinski definition) is 0. The Labute approximate surface area is 171 Å². The van der Waals surface area contributed by atoms with Crippen molar-refractivity contribution in [1.82, 2.24) is 9.80 Å². The number of ether oxygens (including phenoxy) is 2. The van der Waals surface area contributed by atoms with Gasteiger partial charge in [-0.1, -0.05) is 18.2 Å². The Morgan fingerprint density at radius 1 is 1.00 bits per heavy atom. The standard InChI is InChI=1S/C22H29BrN2O2/c1-24-12-14-25(15-13-24)11-5-6-18-9-10-21(26-2)19(16-18)17-27-22-8-4-3-7-20(22)23/h3-4,7-10,16H,5-6,11-15,17H2,1-2H3. The zero-order valence-electron chi connectivity index (χ0n) is 16.3. The monoisotopic (exact) mass is 432 g/mol. The molecule has 4 nitrogen and oxygen atoms in total. The van der Waals surface area contributed by atoms with Crippen LogP contribution in [0, 0.1) is 0 Å². The molecule has 146 valence electrons. The molecule has 0 amide bonds. The van der Waals surface area contributed by atoms with Crippen molar-refractivity contribution in [3.8, 4) is 11.5 Å². The molecule has 0 saturated carbocycles. The predicted molar refractivity (Wildman–Crippen MR) is 114 cm³/mol. The predicted octanol–water partition coefficient (Wildman–Crippen LogP) is 4.22. The smallest absolute Gasteiger partial charge is 0.133 e. The van der Waals surface area contributed by atoms with Gasteiger partial charge in [0.1, 0.15) is 18.1 Å². The SMILES string of the molecule is COc1ccc(CCCN2CCN(C)CC2)cc1COc1ccccc1Br. The number of hydrogen-bond acceptors (Lipinski definition) is 4. The highest BCUT2D eigenvalue weighted by Crippen LogP contribution is 2.27. The molecule has 0 aliphatic carbocycles. The van der Waals surface area contributed by atoms with Crippen LogP contribution in [0.2, 0.25) is 0 Å². The third-order valence-corrected chi connectivity index (χ3v) is 5.76. The number of piperazine rings is 1. The number of methoxy groups -OCH3 is 1. The van der Waals surface area contributed by atoms with E-state index in [2.05, 4.69) is 51.0 Å². The van der Waals surface area contributed by atoms with Crippen LogP contribution < -0.4 is 9.47 Å². The van der Waals surface area contributed by atoms with E-state index in [4.69, 9.17) is 9.47 Å². The van der Waals surface area contributed by atoms with Gasteiger partial charge >= 0.3 is 0 Å². The molecule has 0 bridgehead atoms. The van der Waals surface area contributed by atoms with Crippen LogP contribution in [0.3, 0.4) is 0 Å². The maximum absolute atomic E-state index is 5.99. The number of para-hydroxylation sites is 1. The highest BCUT2D eigenvalue weighted by atomic mass is 79.9. The second-order valence-corrected chi connectivity index (χ2v) is 7.97. The molecule has 0 aromatic heterocycles. The van der Waals surface area contributed by atoms with Gasteiger partial charge in [0.15, 0.2) is 0 Å². The third-order valence-electron chi connectivity index (χ3n) is 5.10. The largest absolute Gasteiger partial charge is 0.496 e. The van der Waals surface area contributed by atoms with Crippen molar-refractivity contribution in [1.29, 1.82) is 0 Å². The maximum atomic E-state index is 5.99. The van der Waals surface area contributed by atoms with Crippen molar-refractivity contribution in [3.05, 3.63) is 58.1 Å². The third kappa shape index (κ3) is 5.96. The first-order valence-corrected chi connectivity index (χ1v) is 10.4. The molecule has 0 N–H and O–H groups in total. The summed E-state index contributed by atoms with van der Waals surface area (Å²) in [7, 11) is 3.91. The fourth-order valence-corrected chi connectivity index (χ4v) is 3.80. The van der Waals surface area contributed by atoms with Gasteiger partial charge in [0.25, 0.3) is 0 Å². The molecule has 0 spiro atoms. The molecule has 1 fully saturated rings. The second kappa shape index (κ2) is 10.1. The summed E-state index contributed by atoms with van der Waals surface area (Å²) < 4.78 is 12.5. The van der Waals surface area contributed by atoms with E-state index in [1.165, 1.54) is 44.7 Å². The minimum Gasteiger partial charge on any atom is -0.496 e. The lowest BCUT2D eigenvalue weighted by atomic mass is 10.1. The van der Waals surface area contributed by atoms with Crippen molar-refractivity contribution in [2.45, 2.75) is 19.4 Å². The first-order valence-electron chi connectivity index (χ1n) is 9.59. The Morgan fingerprint density at radius 3 is 2.52 bits per heavy atom. The quantitative estimate of drug-likeness (QED) is 0.623. The van der Waals surface area contributed by atoms with Gasteiger partial charge in [0, 0.05) is 31.7 Å². The second-order valence-electron chi connectivity index (χ2n) is 7.11. The Bertz CT molecular complexity index is 730. The molecule has 0 atom stereocenters. The average Bonchev–Trinajstić information content (AvgIpc) is 2.69. The highest BCUT2D eigenvalue weighted by Gasteiger charge is 2.13. The van der Waals surface area contributed by atoms with Gasteiger partial charge in [0.2, 0.25) is 0 Å². The van der Waals surface area contributed by atoms with Crippen molar-refractivity contribution >= 4 is 15.9 Å². The van der Waals surface area contributed by atoms with E-state index < -0.39 is 0 Å². The summed E-state index contributed by atoms with van der Waals surface area (Å²) in [5.41, 5.74) is 2.43. The number of halogens is 1. The lowest BCUT2D eigenvalue weighted by molar-refractivity contribution is 0.153. The number of likely N-dealkylation sites (N-methyl/N-ethyl adjacent to an activating group) is 1. The molecule has 1 heterocycles. The minimum atomic E-state index is 0.498. The van der Waals surface area contributed by atoms with E-state index in [9.17, 15) is 0 Å². The maximum Gasteiger partial charge on any atom is 0.133 e. The van der Waals surface area contributed by atoms with Gasteiger partial charge in [-0.3, -0.25) is 0 Å². The zero-order valence-corrected chi connectivity index (χ0v) is 17.9. The van der Waals surface area contributed by atoms with E-state index >= 15 is 0 Å². The topological polar surface area (TPSA) is 24.9 Å². The van der Waals surface area contributed by atoms with Gasteiger partial charge in [-0.25, -0.2) is 0 Å². The molecule has 1 aliphatic heterocycles. The summed E-state index contributed by atoms with van der Waals surface area (Å²) in [6.07, 6.45) is 2.26. The average molecular weight is 433 g/mol. The first kappa shape index (κ1) is 20.2. The van der Waals surface area contributed by atoms with E-state index in [0.717, 1.165) is 28.0 Å². The number of benzene rings is 2. The Hall–Kier alpha value is -1.56. The Balaban J connectivity index is 1.55. The van der Waals surface area contributed by atoms with Crippen molar-refractivity contribution in [2.75, 3.05) is 46.9 Å². The summed E-state index contributed by atoms with van der Waals surface area (Å²) in [6.45, 7) is 6.40. The molecule has 0 radical (unpaired) electrons. The highest BCUT2D eigenvalue weighted by molar-refractivity contribution is 9.10. The van der Waals surface area contributed by atoms with Crippen LogP contribution in [0.4, 0.5) is 0 Å². The van der Waals surface area contributed by atoms with E-state index in [0.29, 0.717) is 6.61 Å². The van der Waals surface area contributed by atoms with Gasteiger partial charge < -0.3 is 19.3 Å². The molecule has 3 rings (SSSR count). The summed E-state index contributed by atoms with van der Waals surface area (Å²) in [5.74, 6) is 1.73. The molecular formula is C22H29BrN2O2. The van der Waals surface area contributed by atoms with E-state index in [-0.39, 0.29) is 0 Å². The summed E-state index contributed by atoms with van der Waals surface area (Å²) in [4.78, 5) is 4.97. The van der Waals surface area contributed by atoms with Crippen LogP contribution in [-0.2, 0) is 13.0 Å². The van der Waals surface area contributed by atoms with E-state index in [1.807, 2.05) is 24.3 Å². The van der Waals surface area contributed by atoms with E-state index in [1.54, 1.807) is 7.11 Å². The fraction of sp³-hybridized carbons (Fsp3) is 0.455. The molecule has 1 saturated heterocycles. The summed E-state index contributed by atoms with van der Waals surface area (Å²) in [5, 5.41) is 0. The van der Waals surface area contributed by atoms with Gasteiger partial charge in [-0.15, -0.1) is 0 Å². The lowest BCUT2D eigenvalue weighted by Gasteiger charge is -2.32. The van der Waals surface area contributed by atoms with Crippen LogP contribution in [0.5, 0.6) is 11.5 Å². The summed E-state index contributed by atoms with van der Waals surface area (Å²) >= 11 is 3.53. The lowest BCUT2D eigenvalue weighted by Crippen LogP contribution is -2.44. The van der Waals surface area contributed by atoms with Crippen LogP contribution in [-0.4, -0.2) is 56.7 Å². The van der Waals surface area contributed by atoms with Crippen molar-refractivity contribution in [2.24, 2.45) is 0 Å². The van der Waals surface area contributed by atoms with Gasteiger partial charge in [-0.05, 0) is 72.2 Å². The van der Waals surface area contributed by atoms with Crippen LogP contribution in [0.1, 0.15) is 17.5 Å². The molecule has 2 aromatic rings. The Kier molecular flexibility index (Phi) is 7.56. The number of rotatable bonds is 8.